The van der Waals surface area contributed by atoms with E-state index in [1.54, 1.807) is 44.0 Å². The molecule has 1 aliphatic heterocycles. The van der Waals surface area contributed by atoms with Crippen molar-refractivity contribution < 1.29 is 9.53 Å². The highest BCUT2D eigenvalue weighted by Gasteiger charge is 2.27. The monoisotopic (exact) mass is 299 g/mol. The van der Waals surface area contributed by atoms with E-state index in [4.69, 9.17) is 4.74 Å². The van der Waals surface area contributed by atoms with Crippen LogP contribution < -0.4 is 15.0 Å². The molecule has 1 saturated heterocycles. The van der Waals surface area contributed by atoms with Crippen LogP contribution in [0.5, 0.6) is 5.88 Å². The third-order valence-electron chi connectivity index (χ3n) is 3.61. The van der Waals surface area contributed by atoms with Gasteiger partial charge in [-0.05, 0) is 18.6 Å². The Morgan fingerprint density at radius 2 is 2.05 bits per heavy atom. The number of hydrogen-bond donors (Lipinski definition) is 1. The van der Waals surface area contributed by atoms with Gasteiger partial charge in [-0.1, -0.05) is 0 Å². The van der Waals surface area contributed by atoms with Crippen LogP contribution in [-0.2, 0) is 0 Å². The molecule has 1 amide bonds. The molecule has 114 valence electrons. The van der Waals surface area contributed by atoms with Crippen molar-refractivity contribution in [2.45, 2.75) is 12.5 Å². The summed E-state index contributed by atoms with van der Waals surface area (Å²) in [6.45, 7) is 1.49. The lowest BCUT2D eigenvalue weighted by atomic mass is 10.2. The largest absolute Gasteiger partial charge is 0.478 e. The van der Waals surface area contributed by atoms with Gasteiger partial charge in [0.15, 0.2) is 5.82 Å². The average molecular weight is 299 g/mol. The molecule has 0 aromatic carbocycles. The van der Waals surface area contributed by atoms with Crippen molar-refractivity contribution in [1.82, 2.24) is 20.3 Å². The van der Waals surface area contributed by atoms with Gasteiger partial charge in [-0.15, -0.1) is 0 Å². The topological polar surface area (TPSA) is 80.2 Å². The summed E-state index contributed by atoms with van der Waals surface area (Å²) in [7, 11) is 1.58. The second-order valence-corrected chi connectivity index (χ2v) is 5.03. The third-order valence-corrected chi connectivity index (χ3v) is 3.61. The number of methoxy groups -OCH3 is 1. The van der Waals surface area contributed by atoms with Crippen molar-refractivity contribution in [2.75, 3.05) is 25.1 Å². The van der Waals surface area contributed by atoms with Gasteiger partial charge in [-0.25, -0.2) is 9.97 Å². The summed E-state index contributed by atoms with van der Waals surface area (Å²) in [4.78, 5) is 26.6. The molecule has 2 aromatic heterocycles. The number of rotatable bonds is 4. The first-order valence-electron chi connectivity index (χ1n) is 7.09. The fourth-order valence-corrected chi connectivity index (χ4v) is 2.52. The van der Waals surface area contributed by atoms with Crippen LogP contribution in [0.4, 0.5) is 5.82 Å². The Morgan fingerprint density at radius 3 is 2.82 bits per heavy atom. The van der Waals surface area contributed by atoms with E-state index in [1.165, 1.54) is 0 Å². The maximum Gasteiger partial charge on any atom is 0.257 e. The Kier molecular flexibility index (Phi) is 4.13. The van der Waals surface area contributed by atoms with Crippen molar-refractivity contribution in [3.05, 3.63) is 42.5 Å². The third kappa shape index (κ3) is 2.98. The van der Waals surface area contributed by atoms with Gasteiger partial charge >= 0.3 is 0 Å². The molecule has 0 spiro atoms. The molecule has 0 radical (unpaired) electrons. The van der Waals surface area contributed by atoms with Crippen LogP contribution in [0.15, 0.2) is 36.9 Å². The van der Waals surface area contributed by atoms with Gasteiger partial charge in [0.2, 0.25) is 0 Å². The Hall–Kier alpha value is -2.70. The molecule has 1 atom stereocenters. The minimum Gasteiger partial charge on any atom is -0.478 e. The highest BCUT2D eigenvalue weighted by Crippen LogP contribution is 2.25. The first-order chi connectivity index (χ1) is 10.8. The van der Waals surface area contributed by atoms with Crippen LogP contribution in [0, 0.1) is 0 Å². The van der Waals surface area contributed by atoms with E-state index in [0.717, 1.165) is 13.0 Å². The summed E-state index contributed by atoms with van der Waals surface area (Å²) in [5.74, 6) is 1.13. The first-order valence-corrected chi connectivity index (χ1v) is 7.09. The molecule has 0 saturated carbocycles. The fourth-order valence-electron chi connectivity index (χ4n) is 2.52. The van der Waals surface area contributed by atoms with Gasteiger partial charge < -0.3 is 15.0 Å². The summed E-state index contributed by atoms with van der Waals surface area (Å²) in [5, 5.41) is 3.03. The summed E-state index contributed by atoms with van der Waals surface area (Å²) >= 11 is 0. The second-order valence-electron chi connectivity index (χ2n) is 5.03. The van der Waals surface area contributed by atoms with Crippen LogP contribution in [0.3, 0.4) is 0 Å². The summed E-state index contributed by atoms with van der Waals surface area (Å²) < 4.78 is 5.23. The predicted octanol–water partition coefficient (Wildman–Crippen LogP) is 0.889. The van der Waals surface area contributed by atoms with Crippen LogP contribution in [0.25, 0.3) is 0 Å². The lowest BCUT2D eigenvalue weighted by Gasteiger charge is -2.19. The van der Waals surface area contributed by atoms with E-state index in [0.29, 0.717) is 23.8 Å². The Balaban J connectivity index is 1.64. The molecule has 2 aromatic rings. The van der Waals surface area contributed by atoms with E-state index in [1.807, 2.05) is 0 Å². The number of hydrogen-bond acceptors (Lipinski definition) is 6. The van der Waals surface area contributed by atoms with Gasteiger partial charge in [0.1, 0.15) is 0 Å². The number of aromatic nitrogens is 3. The highest BCUT2D eigenvalue weighted by molar-refractivity contribution is 5.94. The van der Waals surface area contributed by atoms with Gasteiger partial charge in [-0.3, -0.25) is 9.78 Å². The van der Waals surface area contributed by atoms with Crippen molar-refractivity contribution in [1.29, 1.82) is 0 Å². The molecule has 1 aliphatic rings. The van der Waals surface area contributed by atoms with Crippen molar-refractivity contribution in [3.8, 4) is 5.88 Å². The van der Waals surface area contributed by atoms with Crippen LogP contribution >= 0.6 is 0 Å². The van der Waals surface area contributed by atoms with Gasteiger partial charge in [-0.2, -0.15) is 0 Å². The van der Waals surface area contributed by atoms with Crippen LogP contribution in [0.2, 0.25) is 0 Å². The number of ether oxygens (including phenoxy) is 1. The molecular weight excluding hydrogens is 282 g/mol. The summed E-state index contributed by atoms with van der Waals surface area (Å²) in [5.41, 5.74) is 0.616. The average Bonchev–Trinajstić information content (AvgIpc) is 3.04. The van der Waals surface area contributed by atoms with E-state index < -0.39 is 0 Å². The Labute approximate surface area is 128 Å². The maximum atomic E-state index is 12.2. The van der Waals surface area contributed by atoms with Gasteiger partial charge in [0, 0.05) is 49.5 Å². The molecule has 0 aliphatic carbocycles. The number of nitrogens with one attached hydrogen (secondary N) is 1. The minimum absolute atomic E-state index is 0.0763. The first kappa shape index (κ1) is 14.2. The standard InChI is InChI=1S/C15H17N5O2/c1-22-15-13(17-7-8-18-15)20-9-4-12(10-20)19-14(21)11-2-5-16-6-3-11/h2-3,5-8,12H,4,9-10H2,1H3,(H,19,21). The number of carbonyl (C=O) groups is 1. The number of anilines is 1. The highest BCUT2D eigenvalue weighted by atomic mass is 16.5. The van der Waals surface area contributed by atoms with Crippen LogP contribution in [-0.4, -0.2) is 47.1 Å². The molecule has 1 unspecified atom stereocenters. The lowest BCUT2D eigenvalue weighted by Crippen LogP contribution is -2.37. The SMILES string of the molecule is COc1nccnc1N1CCC(NC(=O)c2ccncc2)C1. The van der Waals surface area contributed by atoms with Gasteiger partial charge in [0.25, 0.3) is 11.8 Å². The zero-order valence-corrected chi connectivity index (χ0v) is 12.3. The maximum absolute atomic E-state index is 12.2. The summed E-state index contributed by atoms with van der Waals surface area (Å²) in [6, 6.07) is 3.48. The Morgan fingerprint density at radius 1 is 1.27 bits per heavy atom. The molecule has 0 bridgehead atoms. The minimum atomic E-state index is -0.0830. The molecule has 7 nitrogen and oxygen atoms in total. The van der Waals surface area contributed by atoms with Crippen molar-refractivity contribution in [3.63, 3.8) is 0 Å². The number of carbonyl (C=O) groups excluding carboxylic acids is 1. The van der Waals surface area contributed by atoms with E-state index in [-0.39, 0.29) is 11.9 Å². The lowest BCUT2D eigenvalue weighted by molar-refractivity contribution is 0.0940. The van der Waals surface area contributed by atoms with Crippen LogP contribution in [0.1, 0.15) is 16.8 Å². The fraction of sp³-hybridized carbons (Fsp3) is 0.333. The van der Waals surface area contributed by atoms with Gasteiger partial charge in [0.05, 0.1) is 7.11 Å². The van der Waals surface area contributed by atoms with E-state index >= 15 is 0 Å². The number of nitrogens with zero attached hydrogens (tertiary/aromatic N) is 4. The van der Waals surface area contributed by atoms with E-state index in [9.17, 15) is 4.79 Å². The predicted molar refractivity (Wildman–Crippen MR) is 80.9 cm³/mol. The van der Waals surface area contributed by atoms with E-state index in [2.05, 4.69) is 25.2 Å². The molecule has 1 N–H and O–H groups in total. The number of pyridine rings is 1. The smallest absolute Gasteiger partial charge is 0.257 e. The van der Waals surface area contributed by atoms with Crippen molar-refractivity contribution in [2.24, 2.45) is 0 Å². The quantitative estimate of drug-likeness (QED) is 0.903. The molecule has 3 rings (SSSR count). The van der Waals surface area contributed by atoms with Crippen molar-refractivity contribution >= 4 is 11.7 Å². The normalized spacial score (nSPS) is 17.3. The zero-order chi connectivity index (χ0) is 15.4. The number of amides is 1. The zero-order valence-electron chi connectivity index (χ0n) is 12.3. The molecular formula is C15H17N5O2. The second kappa shape index (κ2) is 6.38. The Bertz CT molecular complexity index is 649. The summed E-state index contributed by atoms with van der Waals surface area (Å²) in [6.07, 6.45) is 7.32. The molecule has 3 heterocycles. The molecule has 7 heteroatoms. The molecule has 1 fully saturated rings. The molecule has 22 heavy (non-hydrogen) atoms.